The Bertz CT molecular complexity index is 1710. The molecule has 0 radical (unpaired) electrons. The predicted octanol–water partition coefficient (Wildman–Crippen LogP) is 5.11. The lowest BCUT2D eigenvalue weighted by atomic mass is 10.0. The first-order valence-corrected chi connectivity index (χ1v) is 15.3. The van der Waals surface area contributed by atoms with Gasteiger partial charge in [0.15, 0.2) is 5.17 Å². The topological polar surface area (TPSA) is 96.7 Å². The summed E-state index contributed by atoms with van der Waals surface area (Å²) in [6.45, 7) is 0.651. The molecule has 5 rings (SSSR count). The summed E-state index contributed by atoms with van der Waals surface area (Å²) in [6.07, 6.45) is -4.60. The minimum absolute atomic E-state index is 0.104. The third-order valence-electron chi connectivity index (χ3n) is 6.78. The average Bonchev–Trinajstić information content (AvgIpc) is 3.45. The van der Waals surface area contributed by atoms with Crippen LogP contribution in [0.5, 0.6) is 0 Å². The van der Waals surface area contributed by atoms with Gasteiger partial charge in [-0.1, -0.05) is 12.1 Å². The molecule has 1 amide bonds. The summed E-state index contributed by atoms with van der Waals surface area (Å²) in [7, 11) is -3.31. The monoisotopic (exact) mass is 631 g/mol. The maximum absolute atomic E-state index is 13.6. The van der Waals surface area contributed by atoms with Gasteiger partial charge in [-0.15, -0.1) is 0 Å². The van der Waals surface area contributed by atoms with Crippen LogP contribution in [0.15, 0.2) is 52.5 Å². The molecular formula is C26H23F6N5O3S2. The molecule has 0 atom stereocenters. The number of fused-ring (bicyclic) bond motifs is 1. The number of aromatic nitrogens is 2. The van der Waals surface area contributed by atoms with E-state index in [0.717, 1.165) is 12.3 Å². The third-order valence-corrected chi connectivity index (χ3v) is 8.59. The Labute approximate surface area is 240 Å². The van der Waals surface area contributed by atoms with E-state index in [4.69, 9.17) is 0 Å². The van der Waals surface area contributed by atoms with Gasteiger partial charge in [-0.3, -0.25) is 9.48 Å². The number of amides is 1. The zero-order valence-electron chi connectivity index (χ0n) is 21.8. The van der Waals surface area contributed by atoms with Crippen molar-refractivity contribution >= 4 is 49.8 Å². The molecule has 2 aromatic carbocycles. The number of hydrogen-bond donors (Lipinski definition) is 1. The minimum Gasteiger partial charge on any atom is -0.351 e. The molecular weight excluding hydrogens is 608 g/mol. The Hall–Kier alpha value is -3.37. The molecule has 1 fully saturated rings. The second kappa shape index (κ2) is 11.0. The van der Waals surface area contributed by atoms with Gasteiger partial charge in [-0.2, -0.15) is 36.4 Å². The molecule has 3 aromatic rings. The van der Waals surface area contributed by atoms with Gasteiger partial charge < -0.3 is 4.90 Å². The fraction of sp³-hybridized carbons (Fsp3) is 0.346. The normalized spacial score (nSPS) is 18.4. The molecule has 2 aliphatic heterocycles. The molecule has 2 aliphatic rings. The van der Waals surface area contributed by atoms with Gasteiger partial charge in [0.2, 0.25) is 10.0 Å². The lowest BCUT2D eigenvalue weighted by molar-refractivity contribution is -0.143. The van der Waals surface area contributed by atoms with Gasteiger partial charge in [0, 0.05) is 24.5 Å². The van der Waals surface area contributed by atoms with Crippen molar-refractivity contribution in [1.29, 1.82) is 0 Å². The highest BCUT2D eigenvalue weighted by atomic mass is 32.2. The van der Waals surface area contributed by atoms with Crippen LogP contribution in [-0.4, -0.2) is 59.6 Å². The maximum Gasteiger partial charge on any atom is 0.416 e. The molecule has 0 saturated carbocycles. The number of hydrogen-bond acceptors (Lipinski definition) is 6. The number of carbonyl (C=O) groups is 1. The average molecular weight is 632 g/mol. The first kappa shape index (κ1) is 30.1. The van der Waals surface area contributed by atoms with Crippen molar-refractivity contribution in [2.45, 2.75) is 37.8 Å². The number of alkyl halides is 6. The molecule has 0 spiro atoms. The fourth-order valence-electron chi connectivity index (χ4n) is 4.81. The van der Waals surface area contributed by atoms with Crippen molar-refractivity contribution in [2.24, 2.45) is 4.99 Å². The van der Waals surface area contributed by atoms with Crippen molar-refractivity contribution in [2.75, 3.05) is 19.3 Å². The van der Waals surface area contributed by atoms with E-state index in [2.05, 4.69) is 14.8 Å². The largest absolute Gasteiger partial charge is 0.416 e. The molecule has 42 heavy (non-hydrogen) atoms. The van der Waals surface area contributed by atoms with E-state index in [0.29, 0.717) is 58.5 Å². The Morgan fingerprint density at radius 1 is 1.05 bits per heavy atom. The number of thioether (sulfide) groups is 1. The van der Waals surface area contributed by atoms with Gasteiger partial charge in [0.25, 0.3) is 5.91 Å². The minimum atomic E-state index is -4.99. The van der Waals surface area contributed by atoms with E-state index in [1.54, 1.807) is 24.3 Å². The molecule has 1 N–H and O–H groups in total. The second-order valence-electron chi connectivity index (χ2n) is 9.95. The SMILES string of the molecule is CS(=O)(=O)NC1CCN(C2=NC(=O)/C(=C/c3ccc4c(cnn4Cc4ccc(C(F)(F)F)cc4C(F)(F)F)c3)S2)CC1. The molecule has 0 bridgehead atoms. The van der Waals surface area contributed by atoms with Gasteiger partial charge in [-0.25, -0.2) is 13.1 Å². The number of nitrogens with one attached hydrogen (secondary N) is 1. The molecule has 0 aliphatic carbocycles. The van der Waals surface area contributed by atoms with Crippen LogP contribution in [0, 0.1) is 0 Å². The van der Waals surface area contributed by atoms with Crippen LogP contribution >= 0.6 is 11.8 Å². The summed E-state index contributed by atoms with van der Waals surface area (Å²) in [5, 5.41) is 5.22. The number of rotatable bonds is 5. The van der Waals surface area contributed by atoms with Gasteiger partial charge in [0.05, 0.1) is 40.5 Å². The fourth-order valence-corrected chi connectivity index (χ4v) is 6.62. The Morgan fingerprint density at radius 3 is 2.40 bits per heavy atom. The number of benzene rings is 2. The lowest BCUT2D eigenvalue weighted by Gasteiger charge is -2.32. The first-order valence-electron chi connectivity index (χ1n) is 12.5. The summed E-state index contributed by atoms with van der Waals surface area (Å²) < 4.78 is 107. The summed E-state index contributed by atoms with van der Waals surface area (Å²) in [6, 6.07) is 6.30. The number of carbonyl (C=O) groups excluding carboxylic acids is 1. The van der Waals surface area contributed by atoms with Crippen LogP contribution in [0.4, 0.5) is 26.3 Å². The number of likely N-dealkylation sites (tertiary alicyclic amines) is 1. The van der Waals surface area contributed by atoms with Crippen LogP contribution in [-0.2, 0) is 33.7 Å². The predicted molar refractivity (Wildman–Crippen MR) is 146 cm³/mol. The zero-order chi connectivity index (χ0) is 30.4. The standard InChI is InChI=1S/C26H23F6N5O3S2/c1-42(39,40)35-19-6-8-36(9-7-19)24-34-23(38)22(41-24)11-15-2-5-21-17(10-15)13-33-37(21)14-16-3-4-18(25(27,28)29)12-20(16)26(30,31)32/h2-5,10-13,19,35H,6-9,14H2,1H3/b22-11-. The highest BCUT2D eigenvalue weighted by Crippen LogP contribution is 2.38. The number of piperidine rings is 1. The van der Waals surface area contributed by atoms with Crippen LogP contribution in [0.25, 0.3) is 17.0 Å². The van der Waals surface area contributed by atoms with Crippen molar-refractivity contribution in [3.05, 3.63) is 69.8 Å². The highest BCUT2D eigenvalue weighted by Gasteiger charge is 2.38. The van der Waals surface area contributed by atoms with E-state index in [-0.39, 0.29) is 17.7 Å². The molecule has 3 heterocycles. The summed E-state index contributed by atoms with van der Waals surface area (Å²) in [5.74, 6) is -0.427. The van der Waals surface area contributed by atoms with Crippen molar-refractivity contribution in [3.8, 4) is 0 Å². The maximum atomic E-state index is 13.6. The molecule has 16 heteroatoms. The number of halogens is 6. The van der Waals surface area contributed by atoms with E-state index in [9.17, 15) is 39.6 Å². The molecule has 1 saturated heterocycles. The molecule has 224 valence electrons. The molecule has 0 unspecified atom stereocenters. The van der Waals surface area contributed by atoms with Crippen molar-refractivity contribution < 1.29 is 39.6 Å². The number of nitrogens with zero attached hydrogens (tertiary/aromatic N) is 4. The molecule has 8 nitrogen and oxygen atoms in total. The number of aliphatic imine (C=N–C) groups is 1. The summed E-state index contributed by atoms with van der Waals surface area (Å²) in [4.78, 5) is 19.0. The van der Waals surface area contributed by atoms with Crippen LogP contribution in [0.1, 0.15) is 35.1 Å². The Balaban J connectivity index is 1.30. The second-order valence-corrected chi connectivity index (χ2v) is 12.7. The van der Waals surface area contributed by atoms with Gasteiger partial charge in [-0.05, 0) is 66.1 Å². The third kappa shape index (κ3) is 6.81. The van der Waals surface area contributed by atoms with Crippen LogP contribution in [0.2, 0.25) is 0 Å². The number of amidine groups is 1. The smallest absolute Gasteiger partial charge is 0.351 e. The van der Waals surface area contributed by atoms with Crippen molar-refractivity contribution in [3.63, 3.8) is 0 Å². The lowest BCUT2D eigenvalue weighted by Crippen LogP contribution is -2.45. The summed E-state index contributed by atoms with van der Waals surface area (Å²) in [5.41, 5.74) is -2.05. The highest BCUT2D eigenvalue weighted by molar-refractivity contribution is 8.18. The number of sulfonamides is 1. The molecule has 1 aromatic heterocycles. The quantitative estimate of drug-likeness (QED) is 0.311. The van der Waals surface area contributed by atoms with Crippen LogP contribution < -0.4 is 4.72 Å². The van der Waals surface area contributed by atoms with E-state index < -0.39 is 46.0 Å². The Morgan fingerprint density at radius 2 is 1.76 bits per heavy atom. The van der Waals surface area contributed by atoms with Gasteiger partial charge in [0.1, 0.15) is 0 Å². The van der Waals surface area contributed by atoms with E-state index >= 15 is 0 Å². The van der Waals surface area contributed by atoms with Crippen molar-refractivity contribution in [1.82, 2.24) is 19.4 Å². The summed E-state index contributed by atoms with van der Waals surface area (Å²) >= 11 is 1.19. The van der Waals surface area contributed by atoms with E-state index in [1.165, 1.54) is 22.6 Å². The van der Waals surface area contributed by atoms with E-state index in [1.807, 2.05) is 4.90 Å². The first-order chi connectivity index (χ1) is 19.6. The van der Waals surface area contributed by atoms with Crippen LogP contribution in [0.3, 0.4) is 0 Å². The Kier molecular flexibility index (Phi) is 7.91. The zero-order valence-corrected chi connectivity index (χ0v) is 23.5. The van der Waals surface area contributed by atoms with Gasteiger partial charge >= 0.3 is 12.4 Å².